The minimum absolute atomic E-state index is 0.186. The Bertz CT molecular complexity index is 1730. The van der Waals surface area contributed by atoms with Crippen LogP contribution in [-0.2, 0) is 12.7 Å². The van der Waals surface area contributed by atoms with Crippen LogP contribution in [0.2, 0.25) is 0 Å². The molecule has 0 amide bonds. The molecule has 12 heteroatoms. The fourth-order valence-corrected chi connectivity index (χ4v) is 5.09. The van der Waals surface area contributed by atoms with Crippen molar-refractivity contribution in [2.75, 3.05) is 25.1 Å². The predicted molar refractivity (Wildman–Crippen MR) is 138 cm³/mol. The molecular weight excluding hydrogens is 504 g/mol. The molecule has 0 unspecified atom stereocenters. The SMILES string of the molecule is COc1ccc(-c2ccc3c(-c4nccc(C#N)c4N4CCC(F)(c5nncn5C)CC4)cnn3n2)c(F)c1. The van der Waals surface area contributed by atoms with Crippen molar-refractivity contribution < 1.29 is 13.5 Å². The molecule has 5 aromatic rings. The summed E-state index contributed by atoms with van der Waals surface area (Å²) in [6.07, 6.45) is 5.05. The quantitative estimate of drug-likeness (QED) is 0.336. The number of aromatic nitrogens is 7. The minimum Gasteiger partial charge on any atom is -0.497 e. The van der Waals surface area contributed by atoms with E-state index in [2.05, 4.69) is 31.4 Å². The maximum absolute atomic E-state index is 15.8. The third-order valence-electron chi connectivity index (χ3n) is 7.13. The lowest BCUT2D eigenvalue weighted by Crippen LogP contribution is -2.42. The molecule has 4 aromatic heterocycles. The summed E-state index contributed by atoms with van der Waals surface area (Å²) in [6.45, 7) is 0.712. The van der Waals surface area contributed by atoms with Crippen LogP contribution in [0.5, 0.6) is 5.75 Å². The number of hydrogen-bond donors (Lipinski definition) is 0. The summed E-state index contributed by atoms with van der Waals surface area (Å²) in [5.74, 6) is 0.246. The molecule has 0 bridgehead atoms. The van der Waals surface area contributed by atoms with Gasteiger partial charge in [0.2, 0.25) is 0 Å². The average molecular weight is 528 g/mol. The van der Waals surface area contributed by atoms with E-state index in [1.807, 2.05) is 4.90 Å². The van der Waals surface area contributed by atoms with E-state index in [1.54, 1.807) is 54.3 Å². The predicted octanol–water partition coefficient (Wildman–Crippen LogP) is 4.07. The molecule has 10 nitrogen and oxygen atoms in total. The Morgan fingerprint density at radius 1 is 1.10 bits per heavy atom. The van der Waals surface area contributed by atoms with Gasteiger partial charge in [0.25, 0.3) is 0 Å². The Balaban J connectivity index is 1.36. The number of ether oxygens (including phenoxy) is 1. The third kappa shape index (κ3) is 4.12. The largest absolute Gasteiger partial charge is 0.497 e. The zero-order valence-electron chi connectivity index (χ0n) is 21.2. The van der Waals surface area contributed by atoms with Crippen LogP contribution in [0.15, 0.2) is 55.1 Å². The van der Waals surface area contributed by atoms with Crippen molar-refractivity contribution in [2.45, 2.75) is 18.5 Å². The molecule has 1 fully saturated rings. The summed E-state index contributed by atoms with van der Waals surface area (Å²) in [6, 6.07) is 12.0. The Morgan fingerprint density at radius 3 is 2.62 bits per heavy atom. The van der Waals surface area contributed by atoms with Gasteiger partial charge in [-0.15, -0.1) is 15.3 Å². The standard InChI is InChI=1S/C27H23F2N9O/c1-36-16-32-34-26(36)27(29)8-11-37(12-9-27)25-17(14-30)7-10-31-24(25)20-15-33-38-23(20)6-5-22(35-38)19-4-3-18(39-2)13-21(19)28/h3-7,10,13,15-16H,8-9,11-12H2,1-2H3. The van der Waals surface area contributed by atoms with Crippen molar-refractivity contribution >= 4 is 11.2 Å². The number of benzene rings is 1. The first-order valence-electron chi connectivity index (χ1n) is 12.3. The van der Waals surface area contributed by atoms with Gasteiger partial charge in [0, 0.05) is 50.8 Å². The highest BCUT2D eigenvalue weighted by Gasteiger charge is 2.41. The van der Waals surface area contributed by atoms with Crippen LogP contribution < -0.4 is 9.64 Å². The molecule has 39 heavy (non-hydrogen) atoms. The van der Waals surface area contributed by atoms with Crippen LogP contribution >= 0.6 is 0 Å². The number of rotatable bonds is 5. The lowest BCUT2D eigenvalue weighted by atomic mass is 9.91. The number of piperidine rings is 1. The Kier molecular flexibility index (Phi) is 5.91. The van der Waals surface area contributed by atoms with E-state index >= 15 is 4.39 Å². The zero-order chi connectivity index (χ0) is 27.1. The minimum atomic E-state index is -1.61. The van der Waals surface area contributed by atoms with Crippen molar-refractivity contribution in [3.05, 3.63) is 72.3 Å². The molecule has 1 aromatic carbocycles. The van der Waals surface area contributed by atoms with Crippen LogP contribution in [0.1, 0.15) is 24.2 Å². The number of nitrogens with zero attached hydrogens (tertiary/aromatic N) is 9. The second kappa shape index (κ2) is 9.43. The normalized spacial score (nSPS) is 14.9. The summed E-state index contributed by atoms with van der Waals surface area (Å²) in [4.78, 5) is 6.58. The summed E-state index contributed by atoms with van der Waals surface area (Å²) in [7, 11) is 3.20. The molecule has 1 aliphatic heterocycles. The molecule has 0 radical (unpaired) electrons. The van der Waals surface area contributed by atoms with Gasteiger partial charge in [-0.25, -0.2) is 8.78 Å². The molecule has 6 rings (SSSR count). The first-order chi connectivity index (χ1) is 18.9. The second-order valence-electron chi connectivity index (χ2n) is 9.38. The number of alkyl halides is 1. The lowest BCUT2D eigenvalue weighted by molar-refractivity contribution is 0.109. The van der Waals surface area contributed by atoms with Crippen LogP contribution in [0.25, 0.3) is 28.0 Å². The van der Waals surface area contributed by atoms with Crippen molar-refractivity contribution in [3.8, 4) is 34.3 Å². The van der Waals surface area contributed by atoms with Gasteiger partial charge in [0.05, 0.1) is 47.0 Å². The van der Waals surface area contributed by atoms with Crippen molar-refractivity contribution in [1.82, 2.24) is 34.6 Å². The van der Waals surface area contributed by atoms with Crippen molar-refractivity contribution in [2.24, 2.45) is 7.05 Å². The number of anilines is 1. The van der Waals surface area contributed by atoms with Gasteiger partial charge in [-0.2, -0.15) is 15.0 Å². The highest BCUT2D eigenvalue weighted by Crippen LogP contribution is 2.41. The fraction of sp³-hybridized carbons (Fsp3) is 0.259. The zero-order valence-corrected chi connectivity index (χ0v) is 21.2. The van der Waals surface area contributed by atoms with Gasteiger partial charge < -0.3 is 14.2 Å². The van der Waals surface area contributed by atoms with Crippen LogP contribution in [0, 0.1) is 17.1 Å². The van der Waals surface area contributed by atoms with E-state index in [4.69, 9.17) is 4.74 Å². The molecular formula is C27H23F2N9O. The molecule has 0 atom stereocenters. The maximum atomic E-state index is 15.8. The molecule has 196 valence electrons. The Labute approximate surface area is 222 Å². The van der Waals surface area contributed by atoms with Gasteiger partial charge >= 0.3 is 0 Å². The van der Waals surface area contributed by atoms with Gasteiger partial charge in [-0.05, 0) is 30.3 Å². The number of fused-ring (bicyclic) bond motifs is 1. The maximum Gasteiger partial charge on any atom is 0.173 e. The van der Waals surface area contributed by atoms with Crippen molar-refractivity contribution in [3.63, 3.8) is 0 Å². The summed E-state index contributed by atoms with van der Waals surface area (Å²) in [5, 5.41) is 26.6. The number of aryl methyl sites for hydroxylation is 1. The molecule has 1 aliphatic rings. The van der Waals surface area contributed by atoms with Crippen LogP contribution in [0.4, 0.5) is 14.5 Å². The van der Waals surface area contributed by atoms with Crippen LogP contribution in [0.3, 0.4) is 0 Å². The average Bonchev–Trinajstić information content (AvgIpc) is 3.59. The van der Waals surface area contributed by atoms with E-state index in [0.717, 1.165) is 0 Å². The van der Waals surface area contributed by atoms with Gasteiger partial charge in [0.15, 0.2) is 11.5 Å². The Morgan fingerprint density at radius 2 is 1.92 bits per heavy atom. The van der Waals surface area contributed by atoms with E-state index in [-0.39, 0.29) is 12.8 Å². The molecule has 0 spiro atoms. The topological polar surface area (TPSA) is 110 Å². The highest BCUT2D eigenvalue weighted by atomic mass is 19.1. The molecule has 0 aliphatic carbocycles. The number of hydrogen-bond acceptors (Lipinski definition) is 8. The first-order valence-corrected chi connectivity index (χ1v) is 12.3. The number of halogens is 2. The summed E-state index contributed by atoms with van der Waals surface area (Å²) < 4.78 is 38.6. The number of pyridine rings is 1. The van der Waals surface area contributed by atoms with Gasteiger partial charge in [-0.3, -0.25) is 4.98 Å². The highest BCUT2D eigenvalue weighted by molar-refractivity contribution is 5.88. The summed E-state index contributed by atoms with van der Waals surface area (Å²) >= 11 is 0. The third-order valence-corrected chi connectivity index (χ3v) is 7.13. The van der Waals surface area contributed by atoms with E-state index < -0.39 is 11.5 Å². The molecule has 1 saturated heterocycles. The van der Waals surface area contributed by atoms with Gasteiger partial charge in [-0.1, -0.05) is 0 Å². The lowest BCUT2D eigenvalue weighted by Gasteiger charge is -2.37. The van der Waals surface area contributed by atoms with E-state index in [0.29, 0.717) is 63.9 Å². The Hall–Kier alpha value is -4.92. The molecule has 0 N–H and O–H groups in total. The smallest absolute Gasteiger partial charge is 0.173 e. The monoisotopic (exact) mass is 527 g/mol. The first kappa shape index (κ1) is 24.4. The fourth-order valence-electron chi connectivity index (χ4n) is 5.09. The number of nitriles is 1. The summed E-state index contributed by atoms with van der Waals surface area (Å²) in [5.41, 5.74) is 1.96. The molecule has 0 saturated carbocycles. The second-order valence-corrected chi connectivity index (χ2v) is 9.38. The van der Waals surface area contributed by atoms with Crippen molar-refractivity contribution in [1.29, 1.82) is 5.26 Å². The van der Waals surface area contributed by atoms with E-state index in [9.17, 15) is 9.65 Å². The van der Waals surface area contributed by atoms with E-state index in [1.165, 1.54) is 24.1 Å². The van der Waals surface area contributed by atoms with Gasteiger partial charge in [0.1, 0.15) is 24.0 Å². The molecule has 5 heterocycles. The number of methoxy groups -OCH3 is 1. The van der Waals surface area contributed by atoms with Crippen LogP contribution in [-0.4, -0.2) is 54.8 Å².